The summed E-state index contributed by atoms with van der Waals surface area (Å²) >= 11 is 3.30. The highest BCUT2D eigenvalue weighted by Crippen LogP contribution is 2.41. The van der Waals surface area contributed by atoms with Crippen LogP contribution in [0.4, 0.5) is 0 Å². The van der Waals surface area contributed by atoms with Crippen LogP contribution in [0.5, 0.6) is 11.5 Å². The zero-order valence-electron chi connectivity index (χ0n) is 8.34. The number of hydrogen-bond acceptors (Lipinski definition) is 3. The molecule has 0 aliphatic rings. The minimum absolute atomic E-state index is 0.0706. The summed E-state index contributed by atoms with van der Waals surface area (Å²) in [6, 6.07) is 1.58. The van der Waals surface area contributed by atoms with Crippen LogP contribution in [0.25, 0.3) is 0 Å². The summed E-state index contributed by atoms with van der Waals surface area (Å²) in [6.45, 7) is 3.50. The molecule has 1 aromatic carbocycles. The van der Waals surface area contributed by atoms with Gasteiger partial charge in [-0.25, -0.2) is 0 Å². The fourth-order valence-electron chi connectivity index (χ4n) is 1.46. The molecule has 0 heterocycles. The molecule has 1 unspecified atom stereocenters. The molecule has 78 valence electrons. The lowest BCUT2D eigenvalue weighted by Gasteiger charge is -2.15. The Hall–Kier alpha value is -0.740. The van der Waals surface area contributed by atoms with E-state index in [1.807, 2.05) is 6.92 Å². The Kier molecular flexibility index (Phi) is 3.39. The van der Waals surface area contributed by atoms with E-state index < -0.39 is 6.10 Å². The van der Waals surface area contributed by atoms with Gasteiger partial charge in [0.25, 0.3) is 0 Å². The SMILES string of the molecule is COc1c(O)cc(C)c(C(C)O)c1Br. The molecule has 0 aromatic heterocycles. The molecule has 0 fully saturated rings. The first-order valence-corrected chi connectivity index (χ1v) is 5.02. The molecule has 0 spiro atoms. The minimum atomic E-state index is -0.598. The van der Waals surface area contributed by atoms with Crippen molar-refractivity contribution in [3.05, 3.63) is 21.7 Å². The lowest BCUT2D eigenvalue weighted by Crippen LogP contribution is -1.99. The van der Waals surface area contributed by atoms with Gasteiger partial charge in [-0.2, -0.15) is 0 Å². The van der Waals surface area contributed by atoms with Crippen LogP contribution in [0, 0.1) is 6.92 Å². The largest absolute Gasteiger partial charge is 0.504 e. The highest BCUT2D eigenvalue weighted by atomic mass is 79.9. The monoisotopic (exact) mass is 260 g/mol. The van der Waals surface area contributed by atoms with E-state index in [1.165, 1.54) is 7.11 Å². The number of aliphatic hydroxyl groups excluding tert-OH is 1. The molecule has 1 atom stereocenters. The zero-order chi connectivity index (χ0) is 10.9. The number of halogens is 1. The van der Waals surface area contributed by atoms with Crippen LogP contribution in [0.1, 0.15) is 24.2 Å². The molecule has 1 aromatic rings. The maximum atomic E-state index is 9.54. The van der Waals surface area contributed by atoms with Gasteiger partial charge >= 0.3 is 0 Å². The quantitative estimate of drug-likeness (QED) is 0.860. The van der Waals surface area contributed by atoms with Crippen molar-refractivity contribution < 1.29 is 14.9 Å². The lowest BCUT2D eigenvalue weighted by molar-refractivity contribution is 0.197. The van der Waals surface area contributed by atoms with Crippen LogP contribution in [-0.2, 0) is 0 Å². The minimum Gasteiger partial charge on any atom is -0.504 e. The van der Waals surface area contributed by atoms with Gasteiger partial charge in [0.1, 0.15) is 0 Å². The number of benzene rings is 1. The van der Waals surface area contributed by atoms with E-state index in [1.54, 1.807) is 13.0 Å². The first-order chi connectivity index (χ1) is 6.49. The Morgan fingerprint density at radius 2 is 2.07 bits per heavy atom. The third-order valence-electron chi connectivity index (χ3n) is 2.07. The molecule has 3 nitrogen and oxygen atoms in total. The van der Waals surface area contributed by atoms with Crippen LogP contribution < -0.4 is 4.74 Å². The molecular weight excluding hydrogens is 248 g/mol. The van der Waals surface area contributed by atoms with Crippen molar-refractivity contribution in [1.29, 1.82) is 0 Å². The van der Waals surface area contributed by atoms with E-state index in [-0.39, 0.29) is 5.75 Å². The molecular formula is C10H13BrO3. The van der Waals surface area contributed by atoms with Gasteiger partial charge in [0.05, 0.1) is 17.7 Å². The Bertz CT molecular complexity index is 348. The van der Waals surface area contributed by atoms with E-state index in [4.69, 9.17) is 4.74 Å². The number of phenols is 1. The summed E-state index contributed by atoms with van der Waals surface area (Å²) in [5.74, 6) is 0.424. The normalized spacial score (nSPS) is 12.6. The topological polar surface area (TPSA) is 49.7 Å². The highest BCUT2D eigenvalue weighted by Gasteiger charge is 2.17. The maximum Gasteiger partial charge on any atom is 0.175 e. The van der Waals surface area contributed by atoms with E-state index in [9.17, 15) is 10.2 Å². The summed E-state index contributed by atoms with van der Waals surface area (Å²) in [5.41, 5.74) is 1.56. The van der Waals surface area contributed by atoms with Crippen molar-refractivity contribution in [2.75, 3.05) is 7.11 Å². The number of hydrogen-bond donors (Lipinski definition) is 2. The van der Waals surface area contributed by atoms with Gasteiger partial charge < -0.3 is 14.9 Å². The van der Waals surface area contributed by atoms with Crippen LogP contribution in [0.15, 0.2) is 10.5 Å². The van der Waals surface area contributed by atoms with Gasteiger partial charge in [0.15, 0.2) is 11.5 Å². The molecule has 0 bridgehead atoms. The third kappa shape index (κ3) is 1.86. The van der Waals surface area contributed by atoms with Crippen molar-refractivity contribution >= 4 is 15.9 Å². The van der Waals surface area contributed by atoms with Crippen molar-refractivity contribution in [3.8, 4) is 11.5 Å². The first kappa shape index (κ1) is 11.3. The highest BCUT2D eigenvalue weighted by molar-refractivity contribution is 9.10. The van der Waals surface area contributed by atoms with Gasteiger partial charge in [0, 0.05) is 5.56 Å². The van der Waals surface area contributed by atoms with Crippen molar-refractivity contribution in [2.45, 2.75) is 20.0 Å². The molecule has 0 aliphatic heterocycles. The molecule has 0 radical (unpaired) electrons. The number of rotatable bonds is 2. The second kappa shape index (κ2) is 4.19. The zero-order valence-corrected chi connectivity index (χ0v) is 9.92. The Morgan fingerprint density at radius 3 is 2.50 bits per heavy atom. The number of methoxy groups -OCH3 is 1. The van der Waals surface area contributed by atoms with Gasteiger partial charge in [-0.05, 0) is 41.4 Å². The van der Waals surface area contributed by atoms with Crippen molar-refractivity contribution in [1.82, 2.24) is 0 Å². The van der Waals surface area contributed by atoms with Crippen molar-refractivity contribution in [2.24, 2.45) is 0 Å². The molecule has 0 aliphatic carbocycles. The second-order valence-corrected chi connectivity index (χ2v) is 3.94. The average Bonchev–Trinajstić information content (AvgIpc) is 2.02. The first-order valence-electron chi connectivity index (χ1n) is 4.23. The third-order valence-corrected chi connectivity index (χ3v) is 2.86. The van der Waals surface area contributed by atoms with Gasteiger partial charge in [0.2, 0.25) is 0 Å². The second-order valence-electron chi connectivity index (χ2n) is 3.15. The number of phenolic OH excluding ortho intramolecular Hbond substituents is 1. The van der Waals surface area contributed by atoms with Crippen LogP contribution in [0.2, 0.25) is 0 Å². The van der Waals surface area contributed by atoms with Gasteiger partial charge in [-0.15, -0.1) is 0 Å². The van der Waals surface area contributed by atoms with E-state index in [2.05, 4.69) is 15.9 Å². The average molecular weight is 261 g/mol. The number of aromatic hydroxyl groups is 1. The summed E-state index contributed by atoms with van der Waals surface area (Å²) in [7, 11) is 1.47. The Labute approximate surface area is 91.5 Å². The molecule has 0 saturated heterocycles. The van der Waals surface area contributed by atoms with E-state index >= 15 is 0 Å². The fourth-order valence-corrected chi connectivity index (χ4v) is 2.47. The fraction of sp³-hybridized carbons (Fsp3) is 0.400. The molecule has 4 heteroatoms. The maximum absolute atomic E-state index is 9.54. The molecule has 14 heavy (non-hydrogen) atoms. The van der Waals surface area contributed by atoms with Gasteiger partial charge in [-0.1, -0.05) is 0 Å². The molecule has 0 amide bonds. The predicted molar refractivity (Wildman–Crippen MR) is 57.7 cm³/mol. The van der Waals surface area contributed by atoms with Crippen LogP contribution in [-0.4, -0.2) is 17.3 Å². The Morgan fingerprint density at radius 1 is 1.50 bits per heavy atom. The summed E-state index contributed by atoms with van der Waals surface area (Å²) in [6.07, 6.45) is -0.598. The number of ether oxygens (including phenoxy) is 1. The molecule has 2 N–H and O–H groups in total. The summed E-state index contributed by atoms with van der Waals surface area (Å²) in [5, 5.41) is 19.1. The smallest absolute Gasteiger partial charge is 0.175 e. The van der Waals surface area contributed by atoms with E-state index in [0.29, 0.717) is 10.2 Å². The molecule has 1 rings (SSSR count). The Balaban J connectivity index is 3.44. The lowest BCUT2D eigenvalue weighted by atomic mass is 10.0. The van der Waals surface area contributed by atoms with Crippen LogP contribution >= 0.6 is 15.9 Å². The number of aryl methyl sites for hydroxylation is 1. The number of aliphatic hydroxyl groups is 1. The van der Waals surface area contributed by atoms with E-state index in [0.717, 1.165) is 11.1 Å². The van der Waals surface area contributed by atoms with Gasteiger partial charge in [-0.3, -0.25) is 0 Å². The summed E-state index contributed by atoms with van der Waals surface area (Å²) in [4.78, 5) is 0. The molecule has 0 saturated carbocycles. The summed E-state index contributed by atoms with van der Waals surface area (Å²) < 4.78 is 5.62. The van der Waals surface area contributed by atoms with Crippen LogP contribution in [0.3, 0.4) is 0 Å². The van der Waals surface area contributed by atoms with Crippen molar-refractivity contribution in [3.63, 3.8) is 0 Å². The standard InChI is InChI=1S/C10H13BrO3/c1-5-4-7(13)10(14-3)9(11)8(5)6(2)12/h4,6,12-13H,1-3H3. The predicted octanol–water partition coefficient (Wildman–Crippen LogP) is 2.53.